The van der Waals surface area contributed by atoms with Crippen LogP contribution in [0.2, 0.25) is 0 Å². The molecular formula is C19H27N5O4. The molecule has 152 valence electrons. The molecule has 2 aromatic rings. The number of aromatic hydroxyl groups is 1. The lowest BCUT2D eigenvalue weighted by Crippen LogP contribution is -2.35. The Morgan fingerprint density at radius 2 is 1.82 bits per heavy atom. The van der Waals surface area contributed by atoms with Gasteiger partial charge in [0.2, 0.25) is 0 Å². The van der Waals surface area contributed by atoms with Gasteiger partial charge in [0, 0.05) is 27.2 Å². The topological polar surface area (TPSA) is 119 Å². The number of amides is 1. The third kappa shape index (κ3) is 4.19. The van der Waals surface area contributed by atoms with Crippen molar-refractivity contribution >= 4 is 23.0 Å². The fourth-order valence-electron chi connectivity index (χ4n) is 2.49. The molecule has 28 heavy (non-hydrogen) atoms. The van der Waals surface area contributed by atoms with Crippen LogP contribution in [0.25, 0.3) is 0 Å². The van der Waals surface area contributed by atoms with Gasteiger partial charge in [-0.3, -0.25) is 24.2 Å². The molecule has 0 aliphatic heterocycles. The summed E-state index contributed by atoms with van der Waals surface area (Å²) in [5.74, 6) is -0.471. The van der Waals surface area contributed by atoms with E-state index >= 15 is 0 Å². The number of aromatic nitrogens is 2. The van der Waals surface area contributed by atoms with Crippen LogP contribution >= 0.6 is 0 Å². The molecule has 1 aromatic heterocycles. The fourth-order valence-corrected chi connectivity index (χ4v) is 2.49. The van der Waals surface area contributed by atoms with Gasteiger partial charge in [0.25, 0.3) is 17.0 Å². The van der Waals surface area contributed by atoms with Crippen LogP contribution in [0.1, 0.15) is 31.1 Å². The third-order valence-corrected chi connectivity index (χ3v) is 4.57. The highest BCUT2D eigenvalue weighted by atomic mass is 16.3. The van der Waals surface area contributed by atoms with Crippen molar-refractivity contribution in [1.29, 1.82) is 0 Å². The summed E-state index contributed by atoms with van der Waals surface area (Å²) in [4.78, 5) is 38.7. The normalized spacial score (nSPS) is 12.0. The number of aromatic amines is 1. The Hall–Kier alpha value is -3.23. The van der Waals surface area contributed by atoms with Crippen LogP contribution in [0.4, 0.5) is 17.1 Å². The number of nitrogens with one attached hydrogen (secondary N) is 3. The Morgan fingerprint density at radius 3 is 2.39 bits per heavy atom. The molecule has 1 aromatic carbocycles. The second-order valence-corrected chi connectivity index (χ2v) is 7.26. The number of benzene rings is 1. The molecule has 0 aliphatic rings. The molecule has 0 spiro atoms. The lowest BCUT2D eigenvalue weighted by molar-refractivity contribution is 0.0824. The molecule has 0 saturated heterocycles. The molecule has 4 N–H and O–H groups in total. The van der Waals surface area contributed by atoms with Crippen molar-refractivity contribution in [2.45, 2.75) is 26.8 Å². The van der Waals surface area contributed by atoms with E-state index in [9.17, 15) is 19.5 Å². The van der Waals surface area contributed by atoms with E-state index in [1.54, 1.807) is 20.2 Å². The van der Waals surface area contributed by atoms with Crippen molar-refractivity contribution in [3.8, 4) is 5.75 Å². The van der Waals surface area contributed by atoms with Gasteiger partial charge < -0.3 is 20.6 Å². The van der Waals surface area contributed by atoms with E-state index in [4.69, 9.17) is 0 Å². The number of phenolic OH excluding ortho intramolecular Hbond substituents is 1. The number of hydrogen-bond donors (Lipinski definition) is 4. The smallest absolute Gasteiger partial charge is 0.290 e. The summed E-state index contributed by atoms with van der Waals surface area (Å²) in [6, 6.07) is 4.51. The molecular weight excluding hydrogens is 362 g/mol. The van der Waals surface area contributed by atoms with Gasteiger partial charge >= 0.3 is 0 Å². The highest BCUT2D eigenvalue weighted by Crippen LogP contribution is 2.31. The van der Waals surface area contributed by atoms with Crippen molar-refractivity contribution < 1.29 is 9.90 Å². The molecule has 1 atom stereocenters. The summed E-state index contributed by atoms with van der Waals surface area (Å²) < 4.78 is 1.09. The minimum absolute atomic E-state index is 0.0275. The number of carbonyl (C=O) groups is 1. The highest BCUT2D eigenvalue weighted by molar-refractivity contribution is 5.98. The Balaban J connectivity index is 2.57. The molecule has 2 rings (SSSR count). The van der Waals surface area contributed by atoms with Crippen molar-refractivity contribution in [2.24, 2.45) is 13.0 Å². The van der Waals surface area contributed by atoms with E-state index in [0.717, 1.165) is 4.68 Å². The SMILES string of the molecule is CC(C)[C@H](C)Nc1c(Nc2cccc(C(=O)N(C)C)c2O)c(=O)[nH]n(C)c1=O. The van der Waals surface area contributed by atoms with Gasteiger partial charge in [-0.1, -0.05) is 19.9 Å². The molecule has 0 aliphatic carbocycles. The molecule has 0 bridgehead atoms. The van der Waals surface area contributed by atoms with E-state index in [2.05, 4.69) is 15.7 Å². The number of phenols is 1. The van der Waals surface area contributed by atoms with Crippen LogP contribution in [0.3, 0.4) is 0 Å². The average Bonchev–Trinajstić information content (AvgIpc) is 2.62. The van der Waals surface area contributed by atoms with E-state index < -0.39 is 11.1 Å². The summed E-state index contributed by atoms with van der Waals surface area (Å²) in [6.45, 7) is 5.89. The lowest BCUT2D eigenvalue weighted by Gasteiger charge is -2.21. The first-order chi connectivity index (χ1) is 13.0. The maximum absolute atomic E-state index is 12.6. The number of H-pyrrole nitrogens is 1. The fraction of sp³-hybridized carbons (Fsp3) is 0.421. The van der Waals surface area contributed by atoms with Crippen molar-refractivity contribution in [3.63, 3.8) is 0 Å². The number of nitrogens with zero attached hydrogens (tertiary/aromatic N) is 2. The molecule has 9 nitrogen and oxygen atoms in total. The Bertz CT molecular complexity index is 991. The first kappa shape index (κ1) is 21.1. The second kappa shape index (κ2) is 8.20. The van der Waals surface area contributed by atoms with Gasteiger partial charge in [0.05, 0.1) is 11.3 Å². The largest absolute Gasteiger partial charge is 0.505 e. The quantitative estimate of drug-likeness (QED) is 0.558. The number of aryl methyl sites for hydroxylation is 1. The standard InChI is InChI=1S/C19H27N5O4/c1-10(2)11(3)20-15-14(17(26)22-24(6)19(15)28)21-13-9-7-8-12(16(13)25)18(27)23(4)5/h7-11,20-21,25H,1-6H3,(H,22,26)/t11-/m0/s1. The van der Waals surface area contributed by atoms with Crippen LogP contribution in [0.15, 0.2) is 27.8 Å². The van der Waals surface area contributed by atoms with Gasteiger partial charge in [-0.05, 0) is 25.0 Å². The zero-order chi connectivity index (χ0) is 21.2. The molecule has 0 saturated carbocycles. The van der Waals surface area contributed by atoms with Crippen LogP contribution < -0.4 is 21.8 Å². The maximum atomic E-state index is 12.6. The van der Waals surface area contributed by atoms with Crippen molar-refractivity contribution in [1.82, 2.24) is 14.7 Å². The molecule has 0 fully saturated rings. The first-order valence-corrected chi connectivity index (χ1v) is 8.95. The molecule has 9 heteroatoms. The maximum Gasteiger partial charge on any atom is 0.290 e. The zero-order valence-electron chi connectivity index (χ0n) is 17.0. The van der Waals surface area contributed by atoms with Crippen LogP contribution in [-0.2, 0) is 7.05 Å². The molecule has 0 unspecified atom stereocenters. The third-order valence-electron chi connectivity index (χ3n) is 4.57. The summed E-state index contributed by atoms with van der Waals surface area (Å²) in [5, 5.41) is 18.9. The number of para-hydroxylation sites is 1. The molecule has 1 heterocycles. The van der Waals surface area contributed by atoms with E-state index in [1.165, 1.54) is 24.1 Å². The molecule has 0 radical (unpaired) electrons. The highest BCUT2D eigenvalue weighted by Gasteiger charge is 2.21. The van der Waals surface area contributed by atoms with Gasteiger partial charge in [0.15, 0.2) is 5.75 Å². The van der Waals surface area contributed by atoms with Crippen LogP contribution in [0.5, 0.6) is 5.75 Å². The van der Waals surface area contributed by atoms with E-state index in [-0.39, 0.29) is 46.2 Å². The van der Waals surface area contributed by atoms with Gasteiger partial charge in [-0.2, -0.15) is 0 Å². The van der Waals surface area contributed by atoms with Gasteiger partial charge in [-0.15, -0.1) is 0 Å². The number of carbonyl (C=O) groups excluding carboxylic acids is 1. The average molecular weight is 389 g/mol. The predicted octanol–water partition coefficient (Wildman–Crippen LogP) is 1.68. The van der Waals surface area contributed by atoms with E-state index in [1.807, 2.05) is 20.8 Å². The predicted molar refractivity (Wildman–Crippen MR) is 110 cm³/mol. The Morgan fingerprint density at radius 1 is 1.18 bits per heavy atom. The van der Waals surface area contributed by atoms with Crippen molar-refractivity contribution in [2.75, 3.05) is 24.7 Å². The Kier molecular flexibility index (Phi) is 6.17. The van der Waals surface area contributed by atoms with Crippen molar-refractivity contribution in [3.05, 3.63) is 44.5 Å². The minimum Gasteiger partial charge on any atom is -0.505 e. The zero-order valence-corrected chi connectivity index (χ0v) is 17.0. The first-order valence-electron chi connectivity index (χ1n) is 8.95. The minimum atomic E-state index is -0.538. The lowest BCUT2D eigenvalue weighted by atomic mass is 10.1. The Labute approximate surface area is 163 Å². The second-order valence-electron chi connectivity index (χ2n) is 7.26. The summed E-state index contributed by atoms with van der Waals surface area (Å²) in [7, 11) is 4.60. The number of anilines is 3. The summed E-state index contributed by atoms with van der Waals surface area (Å²) in [6.07, 6.45) is 0. The number of rotatable bonds is 6. The van der Waals surface area contributed by atoms with E-state index in [0.29, 0.717) is 0 Å². The number of hydrogen-bond acceptors (Lipinski definition) is 6. The monoisotopic (exact) mass is 389 g/mol. The molecule has 1 amide bonds. The van der Waals surface area contributed by atoms with Gasteiger partial charge in [-0.25, -0.2) is 0 Å². The summed E-state index contributed by atoms with van der Waals surface area (Å²) in [5.41, 5.74) is -0.664. The van der Waals surface area contributed by atoms with Crippen LogP contribution in [0, 0.1) is 5.92 Å². The summed E-state index contributed by atoms with van der Waals surface area (Å²) >= 11 is 0. The van der Waals surface area contributed by atoms with Gasteiger partial charge in [0.1, 0.15) is 11.4 Å². The van der Waals surface area contributed by atoms with Crippen LogP contribution in [-0.4, -0.2) is 45.8 Å².